The zero-order valence-corrected chi connectivity index (χ0v) is 9.66. The van der Waals surface area contributed by atoms with Crippen molar-refractivity contribution in [3.05, 3.63) is 31.9 Å². The van der Waals surface area contributed by atoms with Crippen molar-refractivity contribution in [2.45, 2.75) is 0 Å². The topological polar surface area (TPSA) is 0 Å². The summed E-state index contributed by atoms with van der Waals surface area (Å²) in [5.74, 6) is 0. The van der Waals surface area contributed by atoms with E-state index in [9.17, 15) is 0 Å². The number of fused-ring (bicyclic) bond motifs is 1. The van der Waals surface area contributed by atoms with Crippen molar-refractivity contribution in [1.82, 2.24) is 0 Å². The molecule has 0 saturated heterocycles. The fraction of sp³-hybridized carbons (Fsp3) is 0. The Morgan fingerprint density at radius 1 is 1.20 bits per heavy atom. The summed E-state index contributed by atoms with van der Waals surface area (Å²) >= 11 is 2.46. The average Bonchev–Trinajstić information content (AvgIpc) is 2.34. The van der Waals surface area contributed by atoms with Crippen molar-refractivity contribution in [2.75, 3.05) is 0 Å². The molecule has 1 aromatic heterocycles. The Labute approximate surface area is 83.0 Å². The van der Waals surface area contributed by atoms with Gasteiger partial charge >= 0.3 is 83.7 Å². The first-order chi connectivity index (χ1) is 4.88. The number of hydrogen-bond donors (Lipinski definition) is 0. The van der Waals surface area contributed by atoms with E-state index in [1.807, 2.05) is 0 Å². The Balaban J connectivity index is 2.93. The van der Waals surface area contributed by atoms with E-state index in [1.165, 1.54) is 8.96 Å². The van der Waals surface area contributed by atoms with Crippen molar-refractivity contribution in [3.8, 4) is 0 Å². The third-order valence-electron chi connectivity index (χ3n) is 1.43. The summed E-state index contributed by atoms with van der Waals surface area (Å²) in [6, 6.07) is 8.71. The van der Waals surface area contributed by atoms with Gasteiger partial charge in [0.25, 0.3) is 0 Å². The van der Waals surface area contributed by atoms with Gasteiger partial charge in [-0.15, -0.1) is 0 Å². The van der Waals surface area contributed by atoms with Crippen LogP contribution >= 0.6 is 22.6 Å². The molecule has 0 amide bonds. The molecule has 0 saturated carbocycles. The molecule has 0 bridgehead atoms. The molecule has 10 heavy (non-hydrogen) atoms. The average molecular weight is 356 g/mol. The van der Waals surface area contributed by atoms with E-state index in [1.54, 1.807) is 3.40 Å². The van der Waals surface area contributed by atoms with Crippen LogP contribution in [0.25, 0.3) is 8.79 Å². The van der Waals surface area contributed by atoms with Crippen LogP contribution in [-0.4, -0.2) is 20.4 Å². The Kier molecular flexibility index (Phi) is 2.03. The molecule has 0 fully saturated rings. The van der Waals surface area contributed by atoms with E-state index in [0.29, 0.717) is 0 Å². The Morgan fingerprint density at radius 2 is 2.00 bits per heavy atom. The van der Waals surface area contributed by atoms with Gasteiger partial charge in [0.15, 0.2) is 0 Å². The van der Waals surface area contributed by atoms with Crippen LogP contribution < -0.4 is 0 Å². The second kappa shape index (κ2) is 2.84. The molecule has 50 valence electrons. The van der Waals surface area contributed by atoms with Gasteiger partial charge in [-0.05, 0) is 0 Å². The second-order valence-electron chi connectivity index (χ2n) is 2.08. The summed E-state index contributed by atoms with van der Waals surface area (Å²) in [6.45, 7) is 0. The van der Waals surface area contributed by atoms with E-state index < -0.39 is 0 Å². The second-order valence-corrected chi connectivity index (χ2v) is 5.84. The predicted molar refractivity (Wildman–Crippen MR) is 53.6 cm³/mol. The van der Waals surface area contributed by atoms with Gasteiger partial charge in [-0.3, -0.25) is 0 Å². The number of hydrogen-bond acceptors (Lipinski definition) is 0. The van der Waals surface area contributed by atoms with Gasteiger partial charge in [0.05, 0.1) is 0 Å². The van der Waals surface area contributed by atoms with Gasteiger partial charge in [-0.1, -0.05) is 0 Å². The molecule has 0 aliphatic rings. The molecule has 0 atom stereocenters. The maximum absolute atomic E-state index is 2.42. The molecule has 0 spiro atoms. The van der Waals surface area contributed by atoms with Crippen LogP contribution in [0.1, 0.15) is 0 Å². The van der Waals surface area contributed by atoms with Crippen LogP contribution in [0.4, 0.5) is 0 Å². The van der Waals surface area contributed by atoms with Gasteiger partial charge < -0.3 is 0 Å². The third kappa shape index (κ3) is 1.13. The van der Waals surface area contributed by atoms with E-state index in [2.05, 4.69) is 50.9 Å². The summed E-state index contributed by atoms with van der Waals surface area (Å²) in [5, 5.41) is 1.48. The first-order valence-electron chi connectivity index (χ1n) is 2.99. The van der Waals surface area contributed by atoms with Gasteiger partial charge in [0.1, 0.15) is 0 Å². The standard InChI is InChI=1S/C8H5ITe/c9-7-5-10-8-4-2-1-3-6(7)8/h1-5H. The maximum atomic E-state index is 2.42. The van der Waals surface area contributed by atoms with E-state index in [4.69, 9.17) is 0 Å². The SMILES string of the molecule is Ic1c[te]c2ccccc12. The molecule has 2 heteroatoms. The molecule has 0 aliphatic carbocycles. The van der Waals surface area contributed by atoms with Crippen LogP contribution in [0, 0.1) is 3.57 Å². The quantitative estimate of drug-likeness (QED) is 0.503. The Morgan fingerprint density at radius 3 is 2.80 bits per heavy atom. The van der Waals surface area contributed by atoms with Gasteiger partial charge in [0, 0.05) is 0 Å². The van der Waals surface area contributed by atoms with Crippen molar-refractivity contribution >= 4 is 51.8 Å². The van der Waals surface area contributed by atoms with Crippen LogP contribution in [0.3, 0.4) is 0 Å². The van der Waals surface area contributed by atoms with E-state index in [-0.39, 0.29) is 20.4 Å². The number of benzene rings is 1. The molecule has 1 aromatic carbocycles. The predicted octanol–water partition coefficient (Wildman–Crippen LogP) is 2.50. The zero-order valence-electron chi connectivity index (χ0n) is 5.17. The molecule has 0 radical (unpaired) electrons. The Bertz CT molecular complexity index is 351. The molecule has 0 N–H and O–H groups in total. The minimum atomic E-state index is 0.0479. The molecule has 0 unspecified atom stereocenters. The molecular weight excluding hydrogens is 351 g/mol. The van der Waals surface area contributed by atoms with E-state index >= 15 is 0 Å². The third-order valence-corrected chi connectivity index (χ3v) is 6.39. The number of rotatable bonds is 0. The van der Waals surface area contributed by atoms with Crippen LogP contribution in [0.15, 0.2) is 28.3 Å². The van der Waals surface area contributed by atoms with Gasteiger partial charge in [-0.2, -0.15) is 0 Å². The summed E-state index contributed by atoms with van der Waals surface area (Å²) in [7, 11) is 0. The molecular formula is C8H5ITe. The van der Waals surface area contributed by atoms with Crippen molar-refractivity contribution < 1.29 is 0 Å². The number of halogens is 1. The minimum absolute atomic E-state index is 0.0479. The fourth-order valence-electron chi connectivity index (χ4n) is 0.945. The van der Waals surface area contributed by atoms with Crippen LogP contribution in [0.2, 0.25) is 0 Å². The Hall–Kier alpha value is 0.480. The monoisotopic (exact) mass is 358 g/mol. The van der Waals surface area contributed by atoms with E-state index in [0.717, 1.165) is 0 Å². The first-order valence-corrected chi connectivity index (χ1v) is 6.58. The zero-order chi connectivity index (χ0) is 6.97. The molecule has 2 rings (SSSR count). The summed E-state index contributed by atoms with van der Waals surface area (Å²) in [4.78, 5) is 0. The van der Waals surface area contributed by atoms with Crippen molar-refractivity contribution in [1.29, 1.82) is 0 Å². The summed E-state index contributed by atoms with van der Waals surface area (Å²) in [5.41, 5.74) is 0. The summed E-state index contributed by atoms with van der Waals surface area (Å²) < 4.78 is 5.45. The molecule has 0 aliphatic heterocycles. The van der Waals surface area contributed by atoms with Gasteiger partial charge in [0.2, 0.25) is 0 Å². The summed E-state index contributed by atoms with van der Waals surface area (Å²) in [6.07, 6.45) is 0. The molecule has 2 aromatic rings. The van der Waals surface area contributed by atoms with Crippen LogP contribution in [0.5, 0.6) is 0 Å². The van der Waals surface area contributed by atoms with Gasteiger partial charge in [-0.25, -0.2) is 0 Å². The first kappa shape index (κ1) is 7.15. The van der Waals surface area contributed by atoms with Crippen molar-refractivity contribution in [3.63, 3.8) is 0 Å². The molecule has 1 heterocycles. The molecule has 0 nitrogen and oxygen atoms in total. The van der Waals surface area contributed by atoms with Crippen LogP contribution in [-0.2, 0) is 0 Å². The fourth-order valence-corrected chi connectivity index (χ4v) is 5.18. The van der Waals surface area contributed by atoms with Crippen molar-refractivity contribution in [2.24, 2.45) is 0 Å². The normalized spacial score (nSPS) is 10.5.